The van der Waals surface area contributed by atoms with Crippen LogP contribution in [0.15, 0.2) is 24.3 Å². The maximum absolute atomic E-state index is 13.3. The number of Topliss-reactive ketones (excluding diaryl/α,β-unsaturated/α-hetero) is 1. The number of carbonyl (C=O) groups is 4. The maximum Gasteiger partial charge on any atom is 0.452 e. The number of carbonyl (C=O) groups excluding carboxylic acids is 4. The lowest BCUT2D eigenvalue weighted by molar-refractivity contribution is -0.175. The van der Waals surface area contributed by atoms with E-state index in [0.29, 0.717) is 12.0 Å². The molecule has 0 aliphatic carbocycles. The molecule has 1 aromatic carbocycles. The molecule has 1 aliphatic rings. The van der Waals surface area contributed by atoms with E-state index in [1.807, 2.05) is 0 Å². The summed E-state index contributed by atoms with van der Waals surface area (Å²) >= 11 is 0. The lowest BCUT2D eigenvalue weighted by Gasteiger charge is -2.32. The molecule has 0 spiro atoms. The second-order valence-corrected chi connectivity index (χ2v) is 9.33. The summed E-state index contributed by atoms with van der Waals surface area (Å²) < 4.78 is 38.9. The Balaban J connectivity index is 2.17. The predicted octanol–water partition coefficient (Wildman–Crippen LogP) is 2.20. The summed E-state index contributed by atoms with van der Waals surface area (Å²) in [7, 11) is 0. The van der Waals surface area contributed by atoms with Crippen molar-refractivity contribution in [3.8, 4) is 0 Å². The summed E-state index contributed by atoms with van der Waals surface area (Å²) in [5.41, 5.74) is 0.898. The molecule has 0 radical (unpaired) electrons. The van der Waals surface area contributed by atoms with Crippen LogP contribution in [0.3, 0.4) is 0 Å². The van der Waals surface area contributed by atoms with Crippen LogP contribution in [0.1, 0.15) is 56.5 Å². The van der Waals surface area contributed by atoms with Crippen LogP contribution in [0.25, 0.3) is 0 Å². The third-order valence-corrected chi connectivity index (χ3v) is 5.98. The minimum atomic E-state index is -5.10. The highest BCUT2D eigenvalue weighted by Gasteiger charge is 2.46. The smallest absolute Gasteiger partial charge is 0.392 e. The molecule has 0 aromatic heterocycles. The van der Waals surface area contributed by atoms with Crippen LogP contribution in [0.5, 0.6) is 0 Å². The van der Waals surface area contributed by atoms with Crippen LogP contribution in [-0.2, 0) is 21.0 Å². The van der Waals surface area contributed by atoms with E-state index in [9.17, 15) is 32.3 Å². The third kappa shape index (κ3) is 7.03. The van der Waals surface area contributed by atoms with Gasteiger partial charge in [0.15, 0.2) is 0 Å². The molecule has 1 saturated heterocycles. The number of ketones is 1. The number of halogens is 3. The fourth-order valence-electron chi connectivity index (χ4n) is 3.94. The summed E-state index contributed by atoms with van der Waals surface area (Å²) in [5, 5.41) is 14.0. The molecule has 1 heterocycles. The number of likely N-dealkylation sites (tertiary alicyclic amines) is 1. The quantitative estimate of drug-likeness (QED) is 0.482. The molecule has 35 heavy (non-hydrogen) atoms. The predicted molar refractivity (Wildman–Crippen MR) is 121 cm³/mol. The molecule has 0 saturated carbocycles. The monoisotopic (exact) mass is 499 g/mol. The van der Waals surface area contributed by atoms with Gasteiger partial charge in [0, 0.05) is 12.1 Å². The van der Waals surface area contributed by atoms with Crippen molar-refractivity contribution < 1.29 is 37.5 Å². The van der Waals surface area contributed by atoms with Gasteiger partial charge in [-0.15, -0.1) is 0 Å². The first kappa shape index (κ1) is 28.3. The van der Waals surface area contributed by atoms with Crippen molar-refractivity contribution in [2.45, 2.75) is 71.4 Å². The maximum atomic E-state index is 13.3. The highest BCUT2D eigenvalue weighted by Crippen LogP contribution is 2.24. The number of aliphatic hydroxyl groups is 1. The first-order chi connectivity index (χ1) is 16.3. The largest absolute Gasteiger partial charge is 0.452 e. The van der Waals surface area contributed by atoms with E-state index in [4.69, 9.17) is 5.11 Å². The molecule has 194 valence electrons. The van der Waals surface area contributed by atoms with Crippen LogP contribution < -0.4 is 10.6 Å². The first-order valence-electron chi connectivity index (χ1n) is 11.5. The van der Waals surface area contributed by atoms with Crippen molar-refractivity contribution in [2.24, 2.45) is 11.8 Å². The fraction of sp³-hybridized carbons (Fsp3) is 0.583. The number of hydrogen-bond donors (Lipinski definition) is 3. The highest BCUT2D eigenvalue weighted by molar-refractivity contribution is 5.99. The lowest BCUT2D eigenvalue weighted by Crippen LogP contribution is -2.58. The lowest BCUT2D eigenvalue weighted by atomic mass is 9.98. The van der Waals surface area contributed by atoms with Gasteiger partial charge < -0.3 is 20.6 Å². The molecule has 1 aromatic rings. The van der Waals surface area contributed by atoms with Gasteiger partial charge in [0.05, 0.1) is 12.6 Å². The van der Waals surface area contributed by atoms with Crippen molar-refractivity contribution >= 4 is 23.5 Å². The van der Waals surface area contributed by atoms with Crippen LogP contribution >= 0.6 is 0 Å². The minimum Gasteiger partial charge on any atom is -0.392 e. The summed E-state index contributed by atoms with van der Waals surface area (Å²) in [6, 6.07) is 2.39. The van der Waals surface area contributed by atoms with Crippen molar-refractivity contribution in [3.05, 3.63) is 35.4 Å². The molecule has 3 N–H and O–H groups in total. The molecule has 1 aliphatic heterocycles. The number of alkyl halides is 3. The van der Waals surface area contributed by atoms with Crippen molar-refractivity contribution in [1.29, 1.82) is 0 Å². The van der Waals surface area contributed by atoms with Gasteiger partial charge in [-0.3, -0.25) is 19.2 Å². The van der Waals surface area contributed by atoms with Gasteiger partial charge in [-0.1, -0.05) is 39.8 Å². The summed E-state index contributed by atoms with van der Waals surface area (Å²) in [6.07, 6.45) is -4.43. The van der Waals surface area contributed by atoms with Gasteiger partial charge in [-0.2, -0.15) is 13.2 Å². The number of benzene rings is 1. The van der Waals surface area contributed by atoms with Crippen LogP contribution in [0.4, 0.5) is 13.2 Å². The third-order valence-electron chi connectivity index (χ3n) is 5.98. The van der Waals surface area contributed by atoms with E-state index in [1.165, 1.54) is 30.9 Å². The normalized spacial score (nSPS) is 17.9. The highest BCUT2D eigenvalue weighted by atomic mass is 19.4. The summed E-state index contributed by atoms with van der Waals surface area (Å²) in [5.74, 6) is -5.07. The van der Waals surface area contributed by atoms with Crippen molar-refractivity contribution in [3.63, 3.8) is 0 Å². The van der Waals surface area contributed by atoms with E-state index < -0.39 is 53.7 Å². The van der Waals surface area contributed by atoms with Gasteiger partial charge in [0.25, 0.3) is 11.7 Å². The molecular formula is C24H32F3N3O5. The zero-order valence-corrected chi connectivity index (χ0v) is 20.2. The van der Waals surface area contributed by atoms with E-state index >= 15 is 0 Å². The second kappa shape index (κ2) is 11.7. The number of nitrogens with one attached hydrogen (secondary N) is 2. The van der Waals surface area contributed by atoms with Crippen molar-refractivity contribution in [1.82, 2.24) is 15.5 Å². The van der Waals surface area contributed by atoms with E-state index in [1.54, 1.807) is 26.0 Å². The van der Waals surface area contributed by atoms with E-state index in [0.717, 1.165) is 0 Å². The Kier molecular flexibility index (Phi) is 9.42. The van der Waals surface area contributed by atoms with E-state index in [-0.39, 0.29) is 31.1 Å². The van der Waals surface area contributed by atoms with Gasteiger partial charge in [-0.25, -0.2) is 0 Å². The number of nitrogens with zero attached hydrogens (tertiary/aromatic N) is 1. The first-order valence-corrected chi connectivity index (χ1v) is 11.5. The summed E-state index contributed by atoms with van der Waals surface area (Å²) in [4.78, 5) is 52.0. The van der Waals surface area contributed by atoms with Gasteiger partial charge in [-0.05, 0) is 42.4 Å². The number of aliphatic hydroxyl groups excluding tert-OH is 1. The molecule has 3 unspecified atom stereocenters. The Labute approximate surface area is 202 Å². The zero-order valence-electron chi connectivity index (χ0n) is 20.2. The van der Waals surface area contributed by atoms with Crippen LogP contribution in [0.2, 0.25) is 0 Å². The molecule has 0 bridgehead atoms. The van der Waals surface area contributed by atoms with Gasteiger partial charge in [0.2, 0.25) is 11.8 Å². The molecule has 1 fully saturated rings. The minimum absolute atomic E-state index is 0.181. The zero-order chi connectivity index (χ0) is 26.5. The Bertz CT molecular complexity index is 931. The summed E-state index contributed by atoms with van der Waals surface area (Å²) in [6.45, 7) is 6.24. The van der Waals surface area contributed by atoms with Crippen LogP contribution in [0, 0.1) is 11.8 Å². The molecule has 11 heteroatoms. The average molecular weight is 500 g/mol. The Morgan fingerprint density at radius 1 is 1.00 bits per heavy atom. The van der Waals surface area contributed by atoms with Gasteiger partial charge in [0.1, 0.15) is 12.1 Å². The molecular weight excluding hydrogens is 467 g/mol. The second-order valence-electron chi connectivity index (χ2n) is 9.33. The number of hydrogen-bond acceptors (Lipinski definition) is 5. The Morgan fingerprint density at radius 2 is 1.57 bits per heavy atom. The Hall–Kier alpha value is -2.95. The van der Waals surface area contributed by atoms with Crippen molar-refractivity contribution in [2.75, 3.05) is 6.54 Å². The number of rotatable bonds is 9. The molecule has 2 rings (SSSR count). The standard InChI is InChI=1S/C24H32F3N3O5/c1-13(2)18(20(32)24(25,26)27)28-22(34)17-6-5-11-30(17)23(35)19(14(3)4)29-21(33)16-9-7-15(12-31)8-10-16/h7-10,13-14,17-19,31H,5-6,11-12H2,1-4H3,(H,28,34)(H,29,33). The SMILES string of the molecule is CC(C)C(NC(=O)c1ccc(CO)cc1)C(=O)N1CCCC1C(=O)NC(C(=O)C(F)(F)F)C(C)C. The topological polar surface area (TPSA) is 116 Å². The molecule has 3 atom stereocenters. The Morgan fingerprint density at radius 3 is 2.06 bits per heavy atom. The van der Waals surface area contributed by atoms with E-state index in [2.05, 4.69) is 10.6 Å². The number of amides is 3. The molecule has 3 amide bonds. The average Bonchev–Trinajstić information content (AvgIpc) is 3.29. The molecule has 8 nitrogen and oxygen atoms in total. The van der Waals surface area contributed by atoms with Crippen LogP contribution in [-0.4, -0.2) is 64.4 Å². The fourth-order valence-corrected chi connectivity index (χ4v) is 3.94. The van der Waals surface area contributed by atoms with Gasteiger partial charge >= 0.3 is 6.18 Å².